The van der Waals surface area contributed by atoms with Crippen LogP contribution in [0.15, 0.2) is 161 Å². The van der Waals surface area contributed by atoms with Crippen molar-refractivity contribution in [2.75, 3.05) is 0 Å². The molecule has 0 amide bonds. The summed E-state index contributed by atoms with van der Waals surface area (Å²) in [6.07, 6.45) is 61.5. The summed E-state index contributed by atoms with van der Waals surface area (Å²) in [6, 6.07) is 7.38. The molecule has 0 bridgehead atoms. The molecule has 12 atom stereocenters. The molecular formula is C56H61N3O. The smallest absolute Gasteiger partial charge is 0.129 e. The van der Waals surface area contributed by atoms with Crippen molar-refractivity contribution in [3.63, 3.8) is 0 Å². The van der Waals surface area contributed by atoms with Crippen LogP contribution in [-0.4, -0.2) is 30.4 Å². The highest BCUT2D eigenvalue weighted by atomic mass is 16.5. The number of amidine groups is 1. The Morgan fingerprint density at radius 3 is 2.58 bits per heavy atom. The molecular weight excluding hydrogens is 731 g/mol. The van der Waals surface area contributed by atoms with Crippen LogP contribution in [0.25, 0.3) is 5.57 Å². The van der Waals surface area contributed by atoms with Crippen molar-refractivity contribution in [3.8, 4) is 0 Å². The van der Waals surface area contributed by atoms with Crippen molar-refractivity contribution < 1.29 is 4.74 Å². The Labute approximate surface area is 357 Å². The Morgan fingerprint density at radius 1 is 0.733 bits per heavy atom. The summed E-state index contributed by atoms with van der Waals surface area (Å²) < 4.78 is 7.00. The molecule has 4 heteroatoms. The van der Waals surface area contributed by atoms with E-state index in [0.29, 0.717) is 41.4 Å². The van der Waals surface area contributed by atoms with Gasteiger partial charge >= 0.3 is 0 Å². The molecule has 0 radical (unpaired) electrons. The highest BCUT2D eigenvalue weighted by Crippen LogP contribution is 2.67. The van der Waals surface area contributed by atoms with Crippen molar-refractivity contribution in [1.29, 1.82) is 0 Å². The molecule has 4 nitrogen and oxygen atoms in total. The van der Waals surface area contributed by atoms with Crippen molar-refractivity contribution in [1.82, 2.24) is 10.6 Å². The van der Waals surface area contributed by atoms with Crippen LogP contribution in [0.2, 0.25) is 0 Å². The fourth-order valence-electron chi connectivity index (χ4n) is 14.1. The van der Waals surface area contributed by atoms with Crippen molar-refractivity contribution in [3.05, 3.63) is 173 Å². The molecule has 0 aromatic heterocycles. The summed E-state index contributed by atoms with van der Waals surface area (Å²) in [6.45, 7) is 0. The van der Waals surface area contributed by atoms with E-state index in [-0.39, 0.29) is 30.0 Å². The van der Waals surface area contributed by atoms with Crippen LogP contribution in [0.5, 0.6) is 0 Å². The van der Waals surface area contributed by atoms with Crippen LogP contribution in [0.3, 0.4) is 0 Å². The molecule has 1 aromatic carbocycles. The Bertz CT molecular complexity index is 2330. The average Bonchev–Trinajstić information content (AvgIpc) is 3.62. The number of allylic oxidation sites excluding steroid dienone is 17. The number of hydrogen-bond donors (Lipinski definition) is 2. The predicted molar refractivity (Wildman–Crippen MR) is 246 cm³/mol. The lowest BCUT2D eigenvalue weighted by Crippen LogP contribution is -2.59. The summed E-state index contributed by atoms with van der Waals surface area (Å²) in [5.74, 6) is 4.24. The highest BCUT2D eigenvalue weighted by Gasteiger charge is 2.64. The molecule has 12 unspecified atom stereocenters. The largest absolute Gasteiger partial charge is 0.370 e. The average molecular weight is 792 g/mol. The van der Waals surface area contributed by atoms with Gasteiger partial charge in [-0.2, -0.15) is 0 Å². The summed E-state index contributed by atoms with van der Waals surface area (Å²) >= 11 is 0. The Hall–Kier alpha value is -4.51. The first-order valence-corrected chi connectivity index (χ1v) is 23.8. The molecule has 9 aliphatic carbocycles. The minimum absolute atomic E-state index is 0.0108. The molecule has 0 saturated carbocycles. The maximum atomic E-state index is 7.00. The van der Waals surface area contributed by atoms with Gasteiger partial charge in [0, 0.05) is 29.1 Å². The molecule has 60 heavy (non-hydrogen) atoms. The molecule has 2 N–H and O–H groups in total. The topological polar surface area (TPSA) is 45.6 Å². The third kappa shape index (κ3) is 6.02. The van der Waals surface area contributed by atoms with E-state index >= 15 is 0 Å². The van der Waals surface area contributed by atoms with Gasteiger partial charge in [0.1, 0.15) is 12.0 Å². The summed E-state index contributed by atoms with van der Waals surface area (Å²) in [7, 11) is 0. The summed E-state index contributed by atoms with van der Waals surface area (Å²) in [5, 5.41) is 8.25. The number of hydrogen-bond acceptors (Lipinski definition) is 4. The molecule has 1 fully saturated rings. The maximum Gasteiger partial charge on any atom is 0.129 e. The van der Waals surface area contributed by atoms with Gasteiger partial charge in [-0.25, -0.2) is 4.99 Å². The Kier molecular flexibility index (Phi) is 9.59. The lowest BCUT2D eigenvalue weighted by molar-refractivity contribution is -0.133. The van der Waals surface area contributed by atoms with Gasteiger partial charge in [-0.05, 0) is 146 Å². The van der Waals surface area contributed by atoms with Gasteiger partial charge in [-0.3, -0.25) is 5.32 Å². The third-order valence-electron chi connectivity index (χ3n) is 16.6. The van der Waals surface area contributed by atoms with E-state index in [1.807, 2.05) is 0 Å². The first-order chi connectivity index (χ1) is 29.8. The van der Waals surface area contributed by atoms with Gasteiger partial charge in [-0.1, -0.05) is 133 Å². The minimum Gasteiger partial charge on any atom is -0.370 e. The van der Waals surface area contributed by atoms with Gasteiger partial charge in [0.2, 0.25) is 0 Å². The van der Waals surface area contributed by atoms with E-state index in [1.54, 1.807) is 16.7 Å². The summed E-state index contributed by atoms with van der Waals surface area (Å²) in [4.78, 5) is 5.69. The van der Waals surface area contributed by atoms with Crippen LogP contribution in [-0.2, 0) is 10.2 Å². The zero-order valence-electron chi connectivity index (χ0n) is 35.1. The monoisotopic (exact) mass is 791 g/mol. The molecule has 11 aliphatic rings. The number of benzene rings is 1. The molecule has 1 aromatic rings. The molecule has 12 rings (SSSR count). The molecule has 1 saturated heterocycles. The zero-order valence-corrected chi connectivity index (χ0v) is 35.1. The van der Waals surface area contributed by atoms with E-state index in [9.17, 15) is 0 Å². The highest BCUT2D eigenvalue weighted by molar-refractivity contribution is 6.02. The van der Waals surface area contributed by atoms with Gasteiger partial charge < -0.3 is 10.1 Å². The van der Waals surface area contributed by atoms with Gasteiger partial charge in [-0.15, -0.1) is 0 Å². The number of ether oxygens (including phenoxy) is 1. The molecule has 306 valence electrons. The maximum absolute atomic E-state index is 7.00. The lowest BCUT2D eigenvalue weighted by Gasteiger charge is -2.57. The van der Waals surface area contributed by atoms with Crippen LogP contribution in [0.4, 0.5) is 0 Å². The zero-order chi connectivity index (χ0) is 39.6. The second-order valence-electron chi connectivity index (χ2n) is 19.5. The Balaban J connectivity index is 0.959. The fraction of sp³-hybridized carbons (Fsp3) is 0.446. The Morgan fingerprint density at radius 2 is 1.62 bits per heavy atom. The predicted octanol–water partition coefficient (Wildman–Crippen LogP) is 11.9. The first kappa shape index (κ1) is 37.3. The second-order valence-corrected chi connectivity index (χ2v) is 19.5. The molecule has 2 aliphatic heterocycles. The normalized spacial score (nSPS) is 39.5. The SMILES string of the molecule is C1=CCCC(C2CCC=CC2C2NC(C3=CC(c4cccc5c4C4C=CCCC4C54C5C=CC=CC5OC5CCC=CC54)=CCC3)=NC(C3=C4C=CCCC4CC=C3)N2)=C1. The summed E-state index contributed by atoms with van der Waals surface area (Å²) in [5.41, 5.74) is 11.8. The van der Waals surface area contributed by atoms with Crippen LogP contribution >= 0.6 is 0 Å². The quantitative estimate of drug-likeness (QED) is 0.292. The van der Waals surface area contributed by atoms with Gasteiger partial charge in [0.15, 0.2) is 0 Å². The standard InChI is InChI=1S/C56H61N3O/c1-2-17-36(18-3-1)40-24-6-7-25-43(40)54-57-53(58-55(59-54)44-28-15-20-37-19-4-5-23-41(37)44)39-22-14-21-38(35-39)42-27-16-32-49-52(42)45-26-8-9-29-46(45)56(49)47-30-10-12-33-50(47)60-51-34-13-11-31-48(51)56/h1-2,5,7-8,10-12,15-17,21,23,25-28,30-33,35,37,40,43,45-48,50-51,54-55,59H,3-4,6,9,13-14,18-20,22,24,29,34H2,(H,57,58). The number of aliphatic imine (C=N–C) groups is 1. The van der Waals surface area contributed by atoms with E-state index in [4.69, 9.17) is 9.73 Å². The van der Waals surface area contributed by atoms with Gasteiger partial charge in [0.05, 0.1) is 18.4 Å². The number of nitrogens with one attached hydrogen (secondary N) is 2. The number of fused-ring (bicyclic) bond motifs is 10. The van der Waals surface area contributed by atoms with Crippen molar-refractivity contribution in [2.45, 2.75) is 119 Å². The second kappa shape index (κ2) is 15.4. The fourth-order valence-corrected chi connectivity index (χ4v) is 14.1. The van der Waals surface area contributed by atoms with Crippen LogP contribution in [0.1, 0.15) is 106 Å². The van der Waals surface area contributed by atoms with Gasteiger partial charge in [0.25, 0.3) is 0 Å². The first-order valence-electron chi connectivity index (χ1n) is 23.8. The van der Waals surface area contributed by atoms with E-state index in [2.05, 4.69) is 144 Å². The molecule has 2 heterocycles. The van der Waals surface area contributed by atoms with Crippen molar-refractivity contribution in [2.24, 2.45) is 40.5 Å². The van der Waals surface area contributed by atoms with E-state index in [0.717, 1.165) is 57.2 Å². The lowest BCUT2D eigenvalue weighted by atomic mass is 9.51. The van der Waals surface area contributed by atoms with E-state index < -0.39 is 0 Å². The van der Waals surface area contributed by atoms with Crippen molar-refractivity contribution >= 4 is 11.4 Å². The van der Waals surface area contributed by atoms with Crippen LogP contribution in [0, 0.1) is 35.5 Å². The molecule has 1 spiro atoms. The van der Waals surface area contributed by atoms with E-state index in [1.165, 1.54) is 60.0 Å². The van der Waals surface area contributed by atoms with Crippen LogP contribution < -0.4 is 10.6 Å². The number of nitrogens with zero attached hydrogens (tertiary/aromatic N) is 1. The minimum atomic E-state index is -0.0842. The third-order valence-corrected chi connectivity index (χ3v) is 16.6. The number of rotatable bonds is 5.